The molecule has 0 bridgehead atoms. The van der Waals surface area contributed by atoms with Gasteiger partial charge in [0.05, 0.1) is 6.07 Å². The zero-order valence-electron chi connectivity index (χ0n) is 7.53. The van der Waals surface area contributed by atoms with Gasteiger partial charge in [0.2, 0.25) is 0 Å². The van der Waals surface area contributed by atoms with Crippen LogP contribution < -0.4 is 5.56 Å². The molecule has 6 heteroatoms. The number of thioether (sulfide) groups is 1. The van der Waals surface area contributed by atoms with Crippen molar-refractivity contribution in [2.75, 3.05) is 5.75 Å². The lowest BCUT2D eigenvalue weighted by atomic mass is 10.6. The molecule has 0 spiro atoms. The van der Waals surface area contributed by atoms with E-state index in [0.717, 1.165) is 0 Å². The predicted octanol–water partition coefficient (Wildman–Crippen LogP) is 1.44. The zero-order valence-corrected chi connectivity index (χ0v) is 9.10. The van der Waals surface area contributed by atoms with Crippen LogP contribution in [-0.2, 0) is 7.05 Å². The third-order valence-corrected chi connectivity index (χ3v) is 2.59. The molecule has 0 amide bonds. The van der Waals surface area contributed by atoms with Crippen molar-refractivity contribution in [1.29, 1.82) is 5.26 Å². The summed E-state index contributed by atoms with van der Waals surface area (Å²) in [6.07, 6.45) is 1.85. The maximum atomic E-state index is 11.5. The molecule has 0 unspecified atom stereocenters. The van der Waals surface area contributed by atoms with Crippen LogP contribution in [0.1, 0.15) is 6.42 Å². The summed E-state index contributed by atoms with van der Waals surface area (Å²) in [5.41, 5.74) is -0.183. The summed E-state index contributed by atoms with van der Waals surface area (Å²) < 4.78 is 1.38. The molecule has 1 rings (SSSR count). The van der Waals surface area contributed by atoms with Gasteiger partial charge in [0, 0.05) is 25.4 Å². The van der Waals surface area contributed by atoms with E-state index in [0.29, 0.717) is 17.2 Å². The average molecular weight is 230 g/mol. The van der Waals surface area contributed by atoms with Gasteiger partial charge in [0.15, 0.2) is 5.03 Å². The van der Waals surface area contributed by atoms with E-state index in [1.54, 1.807) is 7.05 Å². The molecule has 0 aliphatic carbocycles. The SMILES string of the molecule is Cn1cc(Cl)nc(SCCC#N)c1=O. The van der Waals surface area contributed by atoms with Crippen LogP contribution >= 0.6 is 23.4 Å². The highest BCUT2D eigenvalue weighted by Gasteiger charge is 2.05. The number of halogens is 1. The van der Waals surface area contributed by atoms with E-state index in [9.17, 15) is 4.79 Å². The summed E-state index contributed by atoms with van der Waals surface area (Å²) in [5, 5.41) is 8.96. The van der Waals surface area contributed by atoms with Gasteiger partial charge in [-0.3, -0.25) is 4.79 Å². The first-order valence-electron chi connectivity index (χ1n) is 3.88. The Morgan fingerprint density at radius 2 is 2.50 bits per heavy atom. The van der Waals surface area contributed by atoms with Gasteiger partial charge in [0.25, 0.3) is 5.56 Å². The average Bonchev–Trinajstić information content (AvgIpc) is 2.13. The Bertz CT molecular complexity index is 424. The van der Waals surface area contributed by atoms with E-state index in [1.807, 2.05) is 6.07 Å². The van der Waals surface area contributed by atoms with Crippen molar-refractivity contribution in [3.63, 3.8) is 0 Å². The summed E-state index contributed by atoms with van der Waals surface area (Å²) in [6, 6.07) is 2.00. The minimum atomic E-state index is -0.183. The van der Waals surface area contributed by atoms with Crippen LogP contribution in [0, 0.1) is 11.3 Å². The molecule has 14 heavy (non-hydrogen) atoms. The highest BCUT2D eigenvalue weighted by molar-refractivity contribution is 7.99. The maximum Gasteiger partial charge on any atom is 0.282 e. The Morgan fingerprint density at radius 1 is 1.79 bits per heavy atom. The quantitative estimate of drug-likeness (QED) is 0.581. The fraction of sp³-hybridized carbons (Fsp3) is 0.375. The maximum absolute atomic E-state index is 11.5. The van der Waals surface area contributed by atoms with Crippen LogP contribution in [0.3, 0.4) is 0 Å². The third-order valence-electron chi connectivity index (χ3n) is 1.46. The lowest BCUT2D eigenvalue weighted by molar-refractivity contribution is 0.794. The molecule has 0 atom stereocenters. The highest BCUT2D eigenvalue weighted by Crippen LogP contribution is 2.13. The molecule has 4 nitrogen and oxygen atoms in total. The fourth-order valence-corrected chi connectivity index (χ4v) is 1.93. The third kappa shape index (κ3) is 2.76. The smallest absolute Gasteiger partial charge is 0.282 e. The van der Waals surface area contributed by atoms with Crippen molar-refractivity contribution < 1.29 is 0 Å². The molecule has 0 saturated heterocycles. The van der Waals surface area contributed by atoms with Gasteiger partial charge in [-0.05, 0) is 0 Å². The lowest BCUT2D eigenvalue weighted by Crippen LogP contribution is -2.19. The van der Waals surface area contributed by atoms with E-state index >= 15 is 0 Å². The second-order valence-electron chi connectivity index (χ2n) is 2.54. The Kier molecular flexibility index (Phi) is 3.98. The molecule has 1 aromatic rings. The van der Waals surface area contributed by atoms with E-state index in [-0.39, 0.29) is 10.7 Å². The van der Waals surface area contributed by atoms with Gasteiger partial charge >= 0.3 is 0 Å². The summed E-state index contributed by atoms with van der Waals surface area (Å²) in [7, 11) is 1.62. The standard InChI is InChI=1S/C8H8ClN3OS/c1-12-5-6(9)11-7(8(12)13)14-4-2-3-10/h5H,2,4H2,1H3. The summed E-state index contributed by atoms with van der Waals surface area (Å²) in [5.74, 6) is 0.555. The predicted molar refractivity (Wildman–Crippen MR) is 55.4 cm³/mol. The second kappa shape index (κ2) is 5.03. The van der Waals surface area contributed by atoms with Gasteiger partial charge in [0.1, 0.15) is 5.15 Å². The summed E-state index contributed by atoms with van der Waals surface area (Å²) in [4.78, 5) is 15.3. The highest BCUT2D eigenvalue weighted by atomic mass is 35.5. The molecule has 0 aliphatic heterocycles. The van der Waals surface area contributed by atoms with Crippen LogP contribution in [0.2, 0.25) is 5.15 Å². The fourth-order valence-electron chi connectivity index (χ4n) is 0.830. The van der Waals surface area contributed by atoms with Gasteiger partial charge in [-0.15, -0.1) is 0 Å². The largest absolute Gasteiger partial charge is 0.313 e. The van der Waals surface area contributed by atoms with E-state index in [2.05, 4.69) is 4.98 Å². The molecular formula is C8H8ClN3OS. The van der Waals surface area contributed by atoms with E-state index < -0.39 is 0 Å². The molecule has 0 aromatic carbocycles. The number of rotatable bonds is 3. The Hall–Kier alpha value is -0.990. The first-order valence-corrected chi connectivity index (χ1v) is 5.24. The molecule has 74 valence electrons. The van der Waals surface area contributed by atoms with Crippen molar-refractivity contribution in [2.24, 2.45) is 7.05 Å². The van der Waals surface area contributed by atoms with Crippen molar-refractivity contribution >= 4 is 23.4 Å². The Balaban J connectivity index is 2.87. The van der Waals surface area contributed by atoms with Gasteiger partial charge in [-0.25, -0.2) is 4.98 Å². The first-order chi connectivity index (χ1) is 6.65. The van der Waals surface area contributed by atoms with Gasteiger partial charge in [-0.1, -0.05) is 23.4 Å². The van der Waals surface area contributed by atoms with Crippen molar-refractivity contribution in [1.82, 2.24) is 9.55 Å². The molecule has 0 saturated carbocycles. The number of aromatic nitrogens is 2. The van der Waals surface area contributed by atoms with E-state index in [1.165, 1.54) is 22.5 Å². The van der Waals surface area contributed by atoms with Gasteiger partial charge < -0.3 is 4.57 Å². The van der Waals surface area contributed by atoms with Crippen molar-refractivity contribution in [3.8, 4) is 6.07 Å². The van der Waals surface area contributed by atoms with Crippen LogP contribution in [0.4, 0.5) is 0 Å². The van der Waals surface area contributed by atoms with E-state index in [4.69, 9.17) is 16.9 Å². The Morgan fingerprint density at radius 3 is 3.14 bits per heavy atom. The van der Waals surface area contributed by atoms with Crippen LogP contribution in [-0.4, -0.2) is 15.3 Å². The number of aryl methyl sites for hydroxylation is 1. The molecular weight excluding hydrogens is 222 g/mol. The first kappa shape index (κ1) is 11.1. The topological polar surface area (TPSA) is 58.7 Å². The van der Waals surface area contributed by atoms with Crippen LogP contribution in [0.15, 0.2) is 16.0 Å². The van der Waals surface area contributed by atoms with Gasteiger partial charge in [-0.2, -0.15) is 5.26 Å². The monoisotopic (exact) mass is 229 g/mol. The molecule has 0 aliphatic rings. The Labute approximate surface area is 90.5 Å². The zero-order chi connectivity index (χ0) is 10.6. The normalized spacial score (nSPS) is 9.79. The minimum Gasteiger partial charge on any atom is -0.313 e. The number of hydrogen-bond donors (Lipinski definition) is 0. The summed E-state index contributed by atoms with van der Waals surface area (Å²) in [6.45, 7) is 0. The minimum absolute atomic E-state index is 0.183. The molecule has 0 fully saturated rings. The number of nitriles is 1. The second-order valence-corrected chi connectivity index (χ2v) is 4.01. The number of nitrogens with zero attached hydrogens (tertiary/aromatic N) is 3. The summed E-state index contributed by atoms with van der Waals surface area (Å²) >= 11 is 6.93. The van der Waals surface area contributed by atoms with Crippen molar-refractivity contribution in [2.45, 2.75) is 11.4 Å². The molecule has 1 aromatic heterocycles. The van der Waals surface area contributed by atoms with Crippen LogP contribution in [0.25, 0.3) is 0 Å². The molecule has 0 radical (unpaired) electrons. The molecule has 1 heterocycles. The lowest BCUT2D eigenvalue weighted by Gasteiger charge is -2.01. The van der Waals surface area contributed by atoms with Crippen molar-refractivity contribution in [3.05, 3.63) is 21.7 Å². The number of hydrogen-bond acceptors (Lipinski definition) is 4. The molecule has 0 N–H and O–H groups in total. The van der Waals surface area contributed by atoms with Crippen LogP contribution in [0.5, 0.6) is 0 Å².